The van der Waals surface area contributed by atoms with Gasteiger partial charge >= 0.3 is 0 Å². The first-order valence-corrected chi connectivity index (χ1v) is 7.84. The molecule has 0 saturated carbocycles. The molecule has 0 radical (unpaired) electrons. The summed E-state index contributed by atoms with van der Waals surface area (Å²) in [7, 11) is 1.01. The van der Waals surface area contributed by atoms with Crippen molar-refractivity contribution in [3.05, 3.63) is 29.8 Å². The fourth-order valence-electron chi connectivity index (χ4n) is 1.73. The number of thioether (sulfide) groups is 1. The molecule has 16 heavy (non-hydrogen) atoms. The van der Waals surface area contributed by atoms with Gasteiger partial charge in [0.2, 0.25) is 0 Å². The van der Waals surface area contributed by atoms with E-state index < -0.39 is 10.8 Å². The van der Waals surface area contributed by atoms with E-state index in [1.165, 1.54) is 5.56 Å². The highest BCUT2D eigenvalue weighted by Gasteiger charge is 2.21. The van der Waals surface area contributed by atoms with Crippen LogP contribution in [0.4, 0.5) is 0 Å². The average molecular weight is 256 g/mol. The lowest BCUT2D eigenvalue weighted by Crippen LogP contribution is -2.22. The Morgan fingerprint density at radius 2 is 2.19 bits per heavy atom. The molecule has 2 nitrogen and oxygen atoms in total. The van der Waals surface area contributed by atoms with Crippen LogP contribution < -0.4 is 4.74 Å². The molecule has 0 aliphatic carbocycles. The molecule has 0 amide bonds. The lowest BCUT2D eigenvalue weighted by atomic mass is 10.2. The molecule has 1 aliphatic rings. The van der Waals surface area contributed by atoms with Gasteiger partial charge < -0.3 is 4.74 Å². The predicted molar refractivity (Wildman–Crippen MR) is 70.6 cm³/mol. The molecule has 4 heteroatoms. The molecule has 1 aromatic carbocycles. The monoisotopic (exact) mass is 256 g/mol. The third-order valence-corrected chi connectivity index (χ3v) is 6.21. The Bertz CT molecular complexity index is 362. The molecular formula is C12H16O2S2. The summed E-state index contributed by atoms with van der Waals surface area (Å²) in [6.45, 7) is 0. The van der Waals surface area contributed by atoms with Crippen LogP contribution in [0.15, 0.2) is 24.3 Å². The van der Waals surface area contributed by atoms with Crippen LogP contribution >= 0.6 is 11.8 Å². The number of rotatable bonds is 3. The van der Waals surface area contributed by atoms with E-state index in [0.717, 1.165) is 30.1 Å². The van der Waals surface area contributed by atoms with Gasteiger partial charge in [-0.1, -0.05) is 12.1 Å². The van der Waals surface area contributed by atoms with Gasteiger partial charge in [-0.15, -0.1) is 11.8 Å². The highest BCUT2D eigenvalue weighted by atomic mass is 32.2. The highest BCUT2D eigenvalue weighted by Crippen LogP contribution is 2.26. The van der Waals surface area contributed by atoms with E-state index in [1.807, 2.05) is 23.9 Å². The van der Waals surface area contributed by atoms with E-state index in [0.29, 0.717) is 0 Å². The van der Waals surface area contributed by atoms with Crippen LogP contribution in [0.1, 0.15) is 12.0 Å². The Hall–Kier alpha value is -0.480. The second-order valence-corrected chi connectivity index (χ2v) is 7.14. The number of ether oxygens (including phenoxy) is 1. The largest absolute Gasteiger partial charge is 0.497 e. The first-order chi connectivity index (χ1) is 7.79. The minimum atomic E-state index is -0.654. The summed E-state index contributed by atoms with van der Waals surface area (Å²) in [6.07, 6.45) is 2.00. The molecule has 1 unspecified atom stereocenters. The third-order valence-electron chi connectivity index (χ3n) is 2.65. The Balaban J connectivity index is 1.99. The lowest BCUT2D eigenvalue weighted by Gasteiger charge is -2.20. The first-order valence-electron chi connectivity index (χ1n) is 5.41. The van der Waals surface area contributed by atoms with Gasteiger partial charge in [0.05, 0.1) is 11.7 Å². The molecule has 1 aliphatic heterocycles. The fourth-order valence-corrected chi connectivity index (χ4v) is 5.05. The van der Waals surface area contributed by atoms with Crippen molar-refractivity contribution in [3.63, 3.8) is 0 Å². The molecule has 2 atom stereocenters. The van der Waals surface area contributed by atoms with Crippen molar-refractivity contribution in [1.29, 1.82) is 0 Å². The molecule has 88 valence electrons. The van der Waals surface area contributed by atoms with Crippen molar-refractivity contribution in [2.75, 3.05) is 18.6 Å². The highest BCUT2D eigenvalue weighted by molar-refractivity contribution is 8.11. The van der Waals surface area contributed by atoms with Gasteiger partial charge in [0.25, 0.3) is 0 Å². The molecule has 0 spiro atoms. The zero-order valence-corrected chi connectivity index (χ0v) is 11.0. The van der Waals surface area contributed by atoms with Crippen LogP contribution in [0, 0.1) is 0 Å². The van der Waals surface area contributed by atoms with E-state index in [2.05, 4.69) is 12.1 Å². The van der Waals surface area contributed by atoms with Crippen LogP contribution in [0.3, 0.4) is 0 Å². The minimum absolute atomic E-state index is 0.280. The van der Waals surface area contributed by atoms with Crippen molar-refractivity contribution >= 4 is 22.6 Å². The summed E-state index contributed by atoms with van der Waals surface area (Å²) in [5.41, 5.74) is 1.24. The van der Waals surface area contributed by atoms with E-state index in [1.54, 1.807) is 7.11 Å². The van der Waals surface area contributed by atoms with Gasteiger partial charge in [0.1, 0.15) is 5.75 Å². The van der Waals surface area contributed by atoms with Gasteiger partial charge in [0, 0.05) is 16.6 Å². The third kappa shape index (κ3) is 3.01. The van der Waals surface area contributed by atoms with E-state index >= 15 is 0 Å². The molecule has 1 aromatic rings. The zero-order chi connectivity index (χ0) is 11.4. The number of benzene rings is 1. The summed E-state index contributed by atoms with van der Waals surface area (Å²) in [5.74, 6) is 2.89. The fraction of sp³-hybridized carbons (Fsp3) is 0.500. The van der Waals surface area contributed by atoms with Crippen molar-refractivity contribution < 1.29 is 8.95 Å². The first kappa shape index (κ1) is 12.0. The Morgan fingerprint density at radius 1 is 1.44 bits per heavy atom. The van der Waals surface area contributed by atoms with Gasteiger partial charge in [-0.25, -0.2) is 0 Å². The van der Waals surface area contributed by atoms with Gasteiger partial charge in [0.15, 0.2) is 0 Å². The lowest BCUT2D eigenvalue weighted by molar-refractivity contribution is 0.414. The minimum Gasteiger partial charge on any atom is -0.497 e. The topological polar surface area (TPSA) is 26.3 Å². The van der Waals surface area contributed by atoms with E-state index in [-0.39, 0.29) is 4.58 Å². The summed E-state index contributed by atoms with van der Waals surface area (Å²) >= 11 is 1.84. The maximum Gasteiger partial charge on any atom is 0.118 e. The predicted octanol–water partition coefficient (Wildman–Crippen LogP) is 2.45. The Kier molecular flexibility index (Phi) is 4.29. The zero-order valence-electron chi connectivity index (χ0n) is 9.35. The van der Waals surface area contributed by atoms with Crippen LogP contribution in [0.25, 0.3) is 0 Å². The van der Waals surface area contributed by atoms with Crippen molar-refractivity contribution in [3.8, 4) is 5.75 Å². The van der Waals surface area contributed by atoms with Crippen LogP contribution in [0.2, 0.25) is 0 Å². The quantitative estimate of drug-likeness (QED) is 0.831. The maximum atomic E-state index is 11.8. The maximum absolute atomic E-state index is 11.8. The molecule has 1 heterocycles. The SMILES string of the molecule is COc1ccc(C[C@H]2SCCCS2=O)cc1. The van der Waals surface area contributed by atoms with Crippen molar-refractivity contribution in [1.82, 2.24) is 0 Å². The number of hydrogen-bond acceptors (Lipinski definition) is 3. The van der Waals surface area contributed by atoms with Crippen molar-refractivity contribution in [2.24, 2.45) is 0 Å². The number of methoxy groups -OCH3 is 1. The molecule has 0 N–H and O–H groups in total. The Morgan fingerprint density at radius 3 is 2.81 bits per heavy atom. The standard InChI is InChI=1S/C12H16O2S2/c1-14-11-5-3-10(4-6-11)9-12-15-7-2-8-16(12)13/h3-6,12H,2,7-9H2,1H3/t12-,16?/m0/s1. The van der Waals surface area contributed by atoms with E-state index in [4.69, 9.17) is 4.74 Å². The summed E-state index contributed by atoms with van der Waals surface area (Å²) in [4.78, 5) is 0. The molecule has 1 saturated heterocycles. The second kappa shape index (κ2) is 5.73. The second-order valence-electron chi connectivity index (χ2n) is 3.79. The average Bonchev–Trinajstić information content (AvgIpc) is 2.33. The van der Waals surface area contributed by atoms with Gasteiger partial charge in [-0.05, 0) is 36.3 Å². The van der Waals surface area contributed by atoms with Crippen molar-refractivity contribution in [2.45, 2.75) is 17.4 Å². The smallest absolute Gasteiger partial charge is 0.118 e. The van der Waals surface area contributed by atoms with Crippen LogP contribution in [0.5, 0.6) is 5.75 Å². The van der Waals surface area contributed by atoms with Gasteiger partial charge in [-0.3, -0.25) is 4.21 Å². The molecule has 0 bridgehead atoms. The van der Waals surface area contributed by atoms with Crippen LogP contribution in [-0.2, 0) is 17.2 Å². The molecule has 1 fully saturated rings. The summed E-state index contributed by atoms with van der Waals surface area (Å²) < 4.78 is 17.2. The summed E-state index contributed by atoms with van der Waals surface area (Å²) in [5, 5.41) is 0. The number of hydrogen-bond donors (Lipinski definition) is 0. The van der Waals surface area contributed by atoms with Crippen LogP contribution in [-0.4, -0.2) is 27.4 Å². The summed E-state index contributed by atoms with van der Waals surface area (Å²) in [6, 6.07) is 8.05. The molecule has 2 rings (SSSR count). The molecule has 0 aromatic heterocycles. The van der Waals surface area contributed by atoms with Gasteiger partial charge in [-0.2, -0.15) is 0 Å². The van der Waals surface area contributed by atoms with E-state index in [9.17, 15) is 4.21 Å². The normalized spacial score (nSPS) is 25.3. The Labute approximate surface area is 103 Å². The molecular weight excluding hydrogens is 240 g/mol.